The van der Waals surface area contributed by atoms with Gasteiger partial charge in [-0.15, -0.1) is 0 Å². The summed E-state index contributed by atoms with van der Waals surface area (Å²) in [5.74, 6) is 2.36. The Kier molecular flexibility index (Phi) is 4.70. The second kappa shape index (κ2) is 6.91. The van der Waals surface area contributed by atoms with Crippen molar-refractivity contribution in [2.24, 2.45) is 0 Å². The second-order valence-corrected chi connectivity index (χ2v) is 6.31. The Hall–Kier alpha value is -2.55. The van der Waals surface area contributed by atoms with Crippen LogP contribution in [0, 0.1) is 0 Å². The summed E-state index contributed by atoms with van der Waals surface area (Å²) in [5, 5.41) is 0. The molecule has 0 fully saturated rings. The van der Waals surface area contributed by atoms with Crippen LogP contribution in [0.5, 0.6) is 0 Å². The van der Waals surface area contributed by atoms with Crippen LogP contribution in [0.25, 0.3) is 22.8 Å². The van der Waals surface area contributed by atoms with Crippen LogP contribution in [0.4, 0.5) is 0 Å². The summed E-state index contributed by atoms with van der Waals surface area (Å²) in [6, 6.07) is 20.2. The van der Waals surface area contributed by atoms with Gasteiger partial charge in [0.05, 0.1) is 0 Å². The van der Waals surface area contributed by atoms with Gasteiger partial charge >= 0.3 is 0 Å². The van der Waals surface area contributed by atoms with Gasteiger partial charge in [-0.2, -0.15) is 0 Å². The number of hydrogen-bond donors (Lipinski definition) is 0. The highest BCUT2D eigenvalue weighted by Crippen LogP contribution is 2.31. The van der Waals surface area contributed by atoms with Gasteiger partial charge < -0.3 is 0 Å². The maximum atomic E-state index is 4.82. The van der Waals surface area contributed by atoms with E-state index in [1.54, 1.807) is 0 Å². The lowest BCUT2D eigenvalue weighted by Crippen LogP contribution is -2.24. The number of aromatic nitrogens is 3. The predicted molar refractivity (Wildman–Crippen MR) is 98.6 cm³/mol. The molecule has 0 aliphatic heterocycles. The van der Waals surface area contributed by atoms with Gasteiger partial charge in [0, 0.05) is 16.5 Å². The van der Waals surface area contributed by atoms with Crippen molar-refractivity contribution in [3.8, 4) is 22.8 Å². The quantitative estimate of drug-likeness (QED) is 0.642. The van der Waals surface area contributed by atoms with E-state index in [1.165, 1.54) is 0 Å². The fourth-order valence-electron chi connectivity index (χ4n) is 2.64. The van der Waals surface area contributed by atoms with E-state index in [0.717, 1.165) is 41.4 Å². The molecule has 0 aliphatic rings. The normalized spacial score (nSPS) is 11.5. The summed E-state index contributed by atoms with van der Waals surface area (Å²) < 4.78 is 0. The number of hydrogen-bond acceptors (Lipinski definition) is 3. The van der Waals surface area contributed by atoms with E-state index in [0.29, 0.717) is 0 Å². The summed E-state index contributed by atoms with van der Waals surface area (Å²) in [6.07, 6.45) is 1.99. The van der Waals surface area contributed by atoms with Crippen LogP contribution in [0.15, 0.2) is 60.7 Å². The van der Waals surface area contributed by atoms with Crippen LogP contribution in [0.1, 0.15) is 39.4 Å². The fraction of sp³-hybridized carbons (Fsp3) is 0.286. The molecule has 0 amide bonds. The van der Waals surface area contributed by atoms with Gasteiger partial charge in [-0.3, -0.25) is 0 Å². The number of nitrogens with zero attached hydrogens (tertiary/aromatic N) is 3. The molecule has 0 bridgehead atoms. The van der Waals surface area contributed by atoms with Crippen LogP contribution in [-0.2, 0) is 5.41 Å². The van der Waals surface area contributed by atoms with Crippen molar-refractivity contribution < 1.29 is 0 Å². The van der Waals surface area contributed by atoms with Gasteiger partial charge in [0.2, 0.25) is 0 Å². The second-order valence-electron chi connectivity index (χ2n) is 6.31. The number of benzene rings is 2. The van der Waals surface area contributed by atoms with Gasteiger partial charge in [0.25, 0.3) is 0 Å². The summed E-state index contributed by atoms with van der Waals surface area (Å²) in [5.41, 5.74) is 2.00. The summed E-state index contributed by atoms with van der Waals surface area (Å²) in [4.78, 5) is 14.4. The largest absolute Gasteiger partial charge is 0.212 e. The van der Waals surface area contributed by atoms with Crippen molar-refractivity contribution in [1.82, 2.24) is 15.0 Å². The molecule has 0 atom stereocenters. The molecule has 0 saturated carbocycles. The predicted octanol–water partition coefficient (Wildman–Crippen LogP) is 5.28. The first-order valence-corrected chi connectivity index (χ1v) is 8.53. The molecule has 0 spiro atoms. The molecule has 3 nitrogen and oxygen atoms in total. The average molecular weight is 317 g/mol. The number of rotatable bonds is 5. The maximum absolute atomic E-state index is 4.82. The van der Waals surface area contributed by atoms with E-state index in [9.17, 15) is 0 Å². The standard InChI is InChI=1S/C21H23N3/c1-4-21(3,5-2)20-23-18(16-12-8-6-9-13-16)22-19(24-20)17-14-10-7-11-15-17/h6-15H,4-5H2,1-3H3. The Morgan fingerprint density at radius 2 is 1.08 bits per heavy atom. The third-order valence-electron chi connectivity index (χ3n) is 4.80. The van der Waals surface area contributed by atoms with E-state index in [-0.39, 0.29) is 5.41 Å². The van der Waals surface area contributed by atoms with Gasteiger partial charge in [-0.25, -0.2) is 15.0 Å². The summed E-state index contributed by atoms with van der Waals surface area (Å²) in [6.45, 7) is 6.61. The van der Waals surface area contributed by atoms with Crippen molar-refractivity contribution >= 4 is 0 Å². The monoisotopic (exact) mass is 317 g/mol. The van der Waals surface area contributed by atoms with Crippen molar-refractivity contribution in [3.05, 3.63) is 66.5 Å². The molecule has 0 unspecified atom stereocenters. The first-order valence-electron chi connectivity index (χ1n) is 8.53. The van der Waals surface area contributed by atoms with E-state index in [4.69, 9.17) is 15.0 Å². The first-order chi connectivity index (χ1) is 11.7. The van der Waals surface area contributed by atoms with Crippen molar-refractivity contribution in [2.45, 2.75) is 39.0 Å². The van der Waals surface area contributed by atoms with E-state index in [2.05, 4.69) is 20.8 Å². The highest BCUT2D eigenvalue weighted by Gasteiger charge is 2.27. The molecule has 24 heavy (non-hydrogen) atoms. The minimum atomic E-state index is -0.0456. The zero-order chi connectivity index (χ0) is 17.0. The van der Waals surface area contributed by atoms with E-state index >= 15 is 0 Å². The highest BCUT2D eigenvalue weighted by atomic mass is 15.0. The van der Waals surface area contributed by atoms with Crippen LogP contribution >= 0.6 is 0 Å². The Morgan fingerprint density at radius 1 is 0.667 bits per heavy atom. The van der Waals surface area contributed by atoms with Gasteiger partial charge in [0.1, 0.15) is 5.82 Å². The average Bonchev–Trinajstić information content (AvgIpc) is 2.68. The van der Waals surface area contributed by atoms with Gasteiger partial charge in [-0.1, -0.05) is 81.4 Å². The molecule has 2 aromatic carbocycles. The zero-order valence-corrected chi connectivity index (χ0v) is 14.5. The van der Waals surface area contributed by atoms with Crippen LogP contribution in [-0.4, -0.2) is 15.0 Å². The minimum Gasteiger partial charge on any atom is -0.212 e. The molecule has 0 aliphatic carbocycles. The molecule has 3 aromatic rings. The minimum absolute atomic E-state index is 0.0456. The zero-order valence-electron chi connectivity index (χ0n) is 14.5. The first kappa shape index (κ1) is 16.3. The highest BCUT2D eigenvalue weighted by molar-refractivity contribution is 5.61. The Bertz CT molecular complexity index is 736. The lowest BCUT2D eigenvalue weighted by molar-refractivity contribution is 0.411. The summed E-state index contributed by atoms with van der Waals surface area (Å²) in [7, 11) is 0. The van der Waals surface area contributed by atoms with Crippen LogP contribution < -0.4 is 0 Å². The third kappa shape index (κ3) is 3.21. The fourth-order valence-corrected chi connectivity index (χ4v) is 2.64. The SMILES string of the molecule is CCC(C)(CC)c1nc(-c2ccccc2)nc(-c2ccccc2)n1. The van der Waals surface area contributed by atoms with E-state index < -0.39 is 0 Å². The van der Waals surface area contributed by atoms with E-state index in [1.807, 2.05) is 60.7 Å². The van der Waals surface area contributed by atoms with Crippen LogP contribution in [0.3, 0.4) is 0 Å². The molecule has 0 N–H and O–H groups in total. The molecule has 3 rings (SSSR count). The molecule has 1 aromatic heterocycles. The maximum Gasteiger partial charge on any atom is 0.163 e. The molecule has 1 heterocycles. The smallest absolute Gasteiger partial charge is 0.163 e. The van der Waals surface area contributed by atoms with Crippen molar-refractivity contribution in [2.75, 3.05) is 0 Å². The van der Waals surface area contributed by atoms with Gasteiger partial charge in [0.15, 0.2) is 11.6 Å². The molecule has 0 radical (unpaired) electrons. The molecule has 0 saturated heterocycles. The Morgan fingerprint density at radius 3 is 1.46 bits per heavy atom. The Balaban J connectivity index is 2.20. The topological polar surface area (TPSA) is 38.7 Å². The molecular formula is C21H23N3. The molecular weight excluding hydrogens is 294 g/mol. The molecule has 3 heteroatoms. The molecule has 122 valence electrons. The van der Waals surface area contributed by atoms with Crippen LogP contribution in [0.2, 0.25) is 0 Å². The Labute approximate surface area is 143 Å². The lowest BCUT2D eigenvalue weighted by atomic mass is 9.84. The van der Waals surface area contributed by atoms with Gasteiger partial charge in [-0.05, 0) is 12.8 Å². The lowest BCUT2D eigenvalue weighted by Gasteiger charge is -2.25. The third-order valence-corrected chi connectivity index (χ3v) is 4.80. The summed E-state index contributed by atoms with van der Waals surface area (Å²) >= 11 is 0. The van der Waals surface area contributed by atoms with Crippen molar-refractivity contribution in [3.63, 3.8) is 0 Å². The van der Waals surface area contributed by atoms with Crippen molar-refractivity contribution in [1.29, 1.82) is 0 Å².